The zero-order chi connectivity index (χ0) is 21.3. The summed E-state index contributed by atoms with van der Waals surface area (Å²) in [5.41, 5.74) is 2.22. The van der Waals surface area contributed by atoms with Crippen molar-refractivity contribution in [3.63, 3.8) is 0 Å². The van der Waals surface area contributed by atoms with Crippen LogP contribution in [0.1, 0.15) is 17.5 Å². The Balaban J connectivity index is 1.47. The number of anilines is 1. The number of rotatable bonds is 5. The highest BCUT2D eigenvalue weighted by Crippen LogP contribution is 2.27. The Bertz CT molecular complexity index is 1160. The maximum Gasteiger partial charge on any atom is 0.336 e. The van der Waals surface area contributed by atoms with Crippen molar-refractivity contribution in [3.05, 3.63) is 70.1 Å². The summed E-state index contributed by atoms with van der Waals surface area (Å²) < 4.78 is 15.8. The van der Waals surface area contributed by atoms with Crippen molar-refractivity contribution in [1.29, 1.82) is 0 Å². The third kappa shape index (κ3) is 3.91. The van der Waals surface area contributed by atoms with Crippen LogP contribution in [-0.4, -0.2) is 25.5 Å². The van der Waals surface area contributed by atoms with Crippen LogP contribution < -0.4 is 15.3 Å². The van der Waals surface area contributed by atoms with Gasteiger partial charge in [0.1, 0.15) is 17.9 Å². The second-order valence-electron chi connectivity index (χ2n) is 7.30. The molecule has 3 aromatic rings. The molecular weight excluding hydrogens is 386 g/mol. The van der Waals surface area contributed by atoms with E-state index >= 15 is 0 Å². The van der Waals surface area contributed by atoms with E-state index in [1.54, 1.807) is 23.1 Å². The number of nitrogens with zero attached hydrogens (tertiary/aromatic N) is 1. The molecule has 1 aromatic heterocycles. The Hall–Kier alpha value is -3.61. The zero-order valence-electron chi connectivity index (χ0n) is 16.7. The molecule has 1 aliphatic rings. The Morgan fingerprint density at radius 3 is 2.63 bits per heavy atom. The van der Waals surface area contributed by atoms with Gasteiger partial charge in [0.2, 0.25) is 5.91 Å². The van der Waals surface area contributed by atoms with Gasteiger partial charge < -0.3 is 18.8 Å². The largest absolute Gasteiger partial charge is 0.497 e. The molecule has 0 unspecified atom stereocenters. The molecule has 0 radical (unpaired) electrons. The molecule has 2 aromatic carbocycles. The van der Waals surface area contributed by atoms with Gasteiger partial charge >= 0.3 is 11.6 Å². The average Bonchev–Trinajstić information content (AvgIpc) is 3.13. The monoisotopic (exact) mass is 407 g/mol. The van der Waals surface area contributed by atoms with Gasteiger partial charge in [-0.1, -0.05) is 17.7 Å². The lowest BCUT2D eigenvalue weighted by Gasteiger charge is -2.16. The second kappa shape index (κ2) is 8.02. The molecule has 1 aliphatic heterocycles. The first-order chi connectivity index (χ1) is 14.4. The predicted molar refractivity (Wildman–Crippen MR) is 110 cm³/mol. The van der Waals surface area contributed by atoms with E-state index in [0.29, 0.717) is 22.3 Å². The lowest BCUT2D eigenvalue weighted by atomic mass is 10.1. The van der Waals surface area contributed by atoms with E-state index in [1.807, 2.05) is 31.2 Å². The summed E-state index contributed by atoms with van der Waals surface area (Å²) >= 11 is 0. The van der Waals surface area contributed by atoms with Crippen LogP contribution in [0.15, 0.2) is 57.7 Å². The number of hydrogen-bond donors (Lipinski definition) is 0. The fourth-order valence-electron chi connectivity index (χ4n) is 3.56. The first-order valence-corrected chi connectivity index (χ1v) is 9.59. The van der Waals surface area contributed by atoms with E-state index in [-0.39, 0.29) is 25.5 Å². The van der Waals surface area contributed by atoms with Crippen LogP contribution in [0, 0.1) is 12.8 Å². The van der Waals surface area contributed by atoms with Crippen molar-refractivity contribution in [2.24, 2.45) is 5.92 Å². The number of fused-ring (bicyclic) bond motifs is 1. The molecule has 0 N–H and O–H groups in total. The molecule has 0 spiro atoms. The number of benzene rings is 2. The van der Waals surface area contributed by atoms with E-state index in [2.05, 4.69) is 0 Å². The summed E-state index contributed by atoms with van der Waals surface area (Å²) in [7, 11) is 1.52. The molecule has 1 saturated heterocycles. The highest BCUT2D eigenvalue weighted by Gasteiger charge is 2.36. The van der Waals surface area contributed by atoms with Gasteiger partial charge in [-0.2, -0.15) is 0 Å². The third-order valence-electron chi connectivity index (χ3n) is 5.21. The molecule has 1 atom stereocenters. The van der Waals surface area contributed by atoms with Crippen molar-refractivity contribution >= 4 is 28.5 Å². The third-order valence-corrected chi connectivity index (χ3v) is 5.21. The number of aryl methyl sites for hydroxylation is 1. The number of amides is 1. The maximum absolute atomic E-state index is 12.6. The minimum atomic E-state index is -0.551. The summed E-state index contributed by atoms with van der Waals surface area (Å²) in [6.07, 6.45) is 0.0988. The molecule has 1 fully saturated rings. The van der Waals surface area contributed by atoms with E-state index in [1.165, 1.54) is 13.2 Å². The van der Waals surface area contributed by atoms with Crippen molar-refractivity contribution in [2.45, 2.75) is 20.0 Å². The number of hydrogen-bond acceptors (Lipinski definition) is 6. The van der Waals surface area contributed by atoms with Crippen molar-refractivity contribution < 1.29 is 23.5 Å². The van der Waals surface area contributed by atoms with Crippen LogP contribution in [-0.2, 0) is 20.9 Å². The van der Waals surface area contributed by atoms with Crippen molar-refractivity contribution in [2.75, 3.05) is 18.6 Å². The number of carbonyl (C=O) groups is 2. The van der Waals surface area contributed by atoms with Crippen LogP contribution in [0.3, 0.4) is 0 Å². The van der Waals surface area contributed by atoms with E-state index in [9.17, 15) is 14.4 Å². The van der Waals surface area contributed by atoms with E-state index < -0.39 is 17.5 Å². The molecule has 0 saturated carbocycles. The summed E-state index contributed by atoms with van der Waals surface area (Å²) in [6, 6.07) is 14.0. The lowest BCUT2D eigenvalue weighted by molar-refractivity contribution is -0.149. The summed E-state index contributed by atoms with van der Waals surface area (Å²) in [6.45, 7) is 2.16. The summed E-state index contributed by atoms with van der Waals surface area (Å²) in [4.78, 5) is 38.4. The predicted octanol–water partition coefficient (Wildman–Crippen LogP) is 3.21. The van der Waals surface area contributed by atoms with Gasteiger partial charge in [-0.05, 0) is 31.2 Å². The van der Waals surface area contributed by atoms with Crippen molar-refractivity contribution in [1.82, 2.24) is 0 Å². The molecule has 1 amide bonds. The fourth-order valence-corrected chi connectivity index (χ4v) is 3.56. The smallest absolute Gasteiger partial charge is 0.336 e. The quantitative estimate of drug-likeness (QED) is 0.477. The second-order valence-corrected chi connectivity index (χ2v) is 7.30. The first kappa shape index (κ1) is 19.7. The Morgan fingerprint density at radius 1 is 1.13 bits per heavy atom. The summed E-state index contributed by atoms with van der Waals surface area (Å²) in [5.74, 6) is -0.572. The Morgan fingerprint density at radius 2 is 1.90 bits per heavy atom. The number of esters is 1. The minimum absolute atomic E-state index is 0.0809. The van der Waals surface area contributed by atoms with Gasteiger partial charge in [0.25, 0.3) is 0 Å². The molecule has 2 heterocycles. The molecule has 154 valence electrons. The van der Waals surface area contributed by atoms with Crippen molar-refractivity contribution in [3.8, 4) is 5.75 Å². The van der Waals surface area contributed by atoms with Gasteiger partial charge in [-0.15, -0.1) is 0 Å². The van der Waals surface area contributed by atoms with Gasteiger partial charge in [0.15, 0.2) is 0 Å². The van der Waals surface area contributed by atoms with Crippen LogP contribution in [0.25, 0.3) is 11.0 Å². The fraction of sp³-hybridized carbons (Fsp3) is 0.261. The van der Waals surface area contributed by atoms with E-state index in [0.717, 1.165) is 11.3 Å². The maximum atomic E-state index is 12.6. The standard InChI is InChI=1S/C23H21NO6/c1-14-3-5-17(6-4-14)24-12-15(9-21(24)25)23(27)29-13-16-10-22(26)30-20-11-18(28-2)7-8-19(16)20/h3-8,10-11,15H,9,12-13H2,1-2H3/t15-/m1/s1. The van der Waals surface area contributed by atoms with Gasteiger partial charge in [0, 0.05) is 41.7 Å². The van der Waals surface area contributed by atoms with Crippen LogP contribution in [0.5, 0.6) is 5.75 Å². The topological polar surface area (TPSA) is 86.0 Å². The van der Waals surface area contributed by atoms with E-state index in [4.69, 9.17) is 13.9 Å². The van der Waals surface area contributed by atoms with Crippen LogP contribution in [0.4, 0.5) is 5.69 Å². The average molecular weight is 407 g/mol. The number of methoxy groups -OCH3 is 1. The first-order valence-electron chi connectivity index (χ1n) is 9.59. The molecule has 7 heteroatoms. The molecule has 0 aliphatic carbocycles. The SMILES string of the molecule is COc1ccc2c(COC(=O)[C@@H]3CC(=O)N(c4ccc(C)cc4)C3)cc(=O)oc2c1. The molecule has 4 rings (SSSR count). The molecular formula is C23H21NO6. The van der Waals surface area contributed by atoms with Crippen LogP contribution >= 0.6 is 0 Å². The van der Waals surface area contributed by atoms with Gasteiger partial charge in [-0.25, -0.2) is 4.79 Å². The summed E-state index contributed by atoms with van der Waals surface area (Å²) in [5, 5.41) is 0.659. The van der Waals surface area contributed by atoms with Gasteiger partial charge in [0.05, 0.1) is 13.0 Å². The normalized spacial score (nSPS) is 16.1. The van der Waals surface area contributed by atoms with Crippen LogP contribution in [0.2, 0.25) is 0 Å². The molecule has 0 bridgehead atoms. The van der Waals surface area contributed by atoms with Gasteiger partial charge in [-0.3, -0.25) is 9.59 Å². The Kier molecular flexibility index (Phi) is 5.27. The minimum Gasteiger partial charge on any atom is -0.497 e. The molecule has 7 nitrogen and oxygen atoms in total. The Labute approximate surface area is 172 Å². The lowest BCUT2D eigenvalue weighted by Crippen LogP contribution is -2.26. The molecule has 30 heavy (non-hydrogen) atoms. The highest BCUT2D eigenvalue weighted by molar-refractivity contribution is 5.99. The zero-order valence-corrected chi connectivity index (χ0v) is 16.7. The number of ether oxygens (including phenoxy) is 2. The number of carbonyl (C=O) groups excluding carboxylic acids is 2. The highest BCUT2D eigenvalue weighted by atomic mass is 16.5.